The van der Waals surface area contributed by atoms with Crippen molar-refractivity contribution in [3.05, 3.63) is 82.8 Å². The molecule has 0 aromatic heterocycles. The number of amides is 2. The van der Waals surface area contributed by atoms with Crippen LogP contribution in [0.15, 0.2) is 71.6 Å². The van der Waals surface area contributed by atoms with Crippen molar-refractivity contribution in [1.82, 2.24) is 10.2 Å². The van der Waals surface area contributed by atoms with Crippen LogP contribution < -0.4 is 10.1 Å². The molecule has 1 fully saturated rings. The standard InChI is InChI=1S/C27H23Cl3N2O4S2/c1-35-15-5-14-32-24(34)22(38-26(32)37)16-17-10-12-19(13-11-17)36-25(27(28,29)30)31-23(33)21-9-4-7-18-6-2-3-8-20(18)21/h2-4,6-13,16,25H,5,14-15H2,1H3,(H,31,33)/b22-16-/t25-/m0/s1. The maximum atomic E-state index is 13.1. The van der Waals surface area contributed by atoms with Crippen molar-refractivity contribution in [3.63, 3.8) is 0 Å². The lowest BCUT2D eigenvalue weighted by molar-refractivity contribution is -0.122. The normalized spacial score (nSPS) is 15.8. The highest BCUT2D eigenvalue weighted by Gasteiger charge is 2.37. The minimum absolute atomic E-state index is 0.135. The van der Waals surface area contributed by atoms with Crippen molar-refractivity contribution in [2.45, 2.75) is 16.4 Å². The summed E-state index contributed by atoms with van der Waals surface area (Å²) in [5.74, 6) is -0.213. The Morgan fingerprint density at radius 3 is 2.53 bits per heavy atom. The first-order valence-electron chi connectivity index (χ1n) is 11.5. The third kappa shape index (κ3) is 7.00. The molecule has 1 saturated heterocycles. The van der Waals surface area contributed by atoms with Crippen molar-refractivity contribution in [3.8, 4) is 5.75 Å². The van der Waals surface area contributed by atoms with Gasteiger partial charge in [-0.15, -0.1) is 0 Å². The fourth-order valence-electron chi connectivity index (χ4n) is 3.79. The van der Waals surface area contributed by atoms with Gasteiger partial charge in [0.25, 0.3) is 11.8 Å². The second-order valence-corrected chi connectivity index (χ2v) is 12.3. The summed E-state index contributed by atoms with van der Waals surface area (Å²) in [6.45, 7) is 1.06. The summed E-state index contributed by atoms with van der Waals surface area (Å²) in [6.07, 6.45) is 1.19. The number of rotatable bonds is 9. The van der Waals surface area contributed by atoms with Crippen LogP contribution in [0.4, 0.5) is 0 Å². The summed E-state index contributed by atoms with van der Waals surface area (Å²) >= 11 is 25.1. The van der Waals surface area contributed by atoms with Crippen LogP contribution in [0.2, 0.25) is 0 Å². The van der Waals surface area contributed by atoms with Gasteiger partial charge in [-0.25, -0.2) is 0 Å². The summed E-state index contributed by atoms with van der Waals surface area (Å²) in [6, 6.07) is 19.7. The Kier molecular flexibility index (Phi) is 9.57. The zero-order valence-electron chi connectivity index (χ0n) is 20.2. The maximum Gasteiger partial charge on any atom is 0.266 e. The average molecular weight is 610 g/mol. The van der Waals surface area contributed by atoms with Gasteiger partial charge in [0.05, 0.1) is 4.91 Å². The Morgan fingerprint density at radius 2 is 1.82 bits per heavy atom. The van der Waals surface area contributed by atoms with Crippen molar-refractivity contribution in [1.29, 1.82) is 0 Å². The number of thioether (sulfide) groups is 1. The van der Waals surface area contributed by atoms with E-state index in [4.69, 9.17) is 56.5 Å². The van der Waals surface area contributed by atoms with Crippen LogP contribution in [0.3, 0.4) is 0 Å². The summed E-state index contributed by atoms with van der Waals surface area (Å²) < 4.78 is 9.48. The lowest BCUT2D eigenvalue weighted by Gasteiger charge is -2.26. The summed E-state index contributed by atoms with van der Waals surface area (Å²) in [5.41, 5.74) is 1.20. The molecule has 2 amide bonds. The van der Waals surface area contributed by atoms with Gasteiger partial charge in [0.1, 0.15) is 10.1 Å². The highest BCUT2D eigenvalue weighted by molar-refractivity contribution is 8.26. The van der Waals surface area contributed by atoms with E-state index in [2.05, 4.69) is 5.32 Å². The third-order valence-corrected chi connectivity index (χ3v) is 7.60. The summed E-state index contributed by atoms with van der Waals surface area (Å²) in [5, 5.41) is 4.36. The van der Waals surface area contributed by atoms with Crippen LogP contribution >= 0.6 is 58.8 Å². The highest BCUT2D eigenvalue weighted by atomic mass is 35.6. The third-order valence-electron chi connectivity index (χ3n) is 5.63. The molecule has 1 heterocycles. The zero-order chi connectivity index (χ0) is 27.3. The number of hydrogen-bond donors (Lipinski definition) is 1. The maximum absolute atomic E-state index is 13.1. The number of halogens is 3. The van der Waals surface area contributed by atoms with E-state index in [1.807, 2.05) is 30.3 Å². The van der Waals surface area contributed by atoms with Gasteiger partial charge in [0.2, 0.25) is 10.0 Å². The van der Waals surface area contributed by atoms with Crippen LogP contribution in [0.5, 0.6) is 5.75 Å². The Bertz CT molecular complexity index is 1370. The van der Waals surface area contributed by atoms with Crippen LogP contribution in [0.25, 0.3) is 16.8 Å². The molecule has 4 rings (SSSR count). The minimum Gasteiger partial charge on any atom is -0.466 e. The number of thiocarbonyl (C=S) groups is 1. The lowest BCUT2D eigenvalue weighted by atomic mass is 10.0. The van der Waals surface area contributed by atoms with E-state index in [1.54, 1.807) is 54.5 Å². The van der Waals surface area contributed by atoms with Gasteiger partial charge in [0.15, 0.2) is 0 Å². The number of alkyl halides is 3. The number of fused-ring (bicyclic) bond motifs is 1. The molecular formula is C27H23Cl3N2O4S2. The molecule has 0 bridgehead atoms. The largest absolute Gasteiger partial charge is 0.466 e. The first kappa shape index (κ1) is 28.7. The molecule has 11 heteroatoms. The molecule has 1 aliphatic heterocycles. The molecule has 6 nitrogen and oxygen atoms in total. The molecule has 38 heavy (non-hydrogen) atoms. The Hall–Kier alpha value is -2.33. The topological polar surface area (TPSA) is 67.9 Å². The van der Waals surface area contributed by atoms with Crippen molar-refractivity contribution >= 4 is 91.8 Å². The second-order valence-electron chi connectivity index (χ2n) is 8.29. The lowest BCUT2D eigenvalue weighted by Crippen LogP contribution is -2.47. The molecular weight excluding hydrogens is 587 g/mol. The van der Waals surface area contributed by atoms with Crippen molar-refractivity contribution in [2.24, 2.45) is 0 Å². The number of nitrogens with one attached hydrogen (secondary N) is 1. The molecule has 0 unspecified atom stereocenters. The first-order chi connectivity index (χ1) is 18.2. The average Bonchev–Trinajstić information content (AvgIpc) is 3.15. The quantitative estimate of drug-likeness (QED) is 0.0972. The molecule has 0 spiro atoms. The summed E-state index contributed by atoms with van der Waals surface area (Å²) in [7, 11) is 1.62. The Morgan fingerprint density at radius 1 is 1.11 bits per heavy atom. The van der Waals surface area contributed by atoms with E-state index in [-0.39, 0.29) is 5.91 Å². The van der Waals surface area contributed by atoms with Crippen LogP contribution in [-0.4, -0.2) is 51.3 Å². The second kappa shape index (κ2) is 12.7. The predicted molar refractivity (Wildman–Crippen MR) is 159 cm³/mol. The van der Waals surface area contributed by atoms with E-state index < -0.39 is 15.9 Å². The van der Waals surface area contributed by atoms with Gasteiger partial charge in [-0.05, 0) is 47.0 Å². The molecule has 3 aromatic rings. The Balaban J connectivity index is 1.46. The predicted octanol–water partition coefficient (Wildman–Crippen LogP) is 6.58. The molecule has 0 radical (unpaired) electrons. The molecule has 198 valence electrons. The molecule has 0 aliphatic carbocycles. The van der Waals surface area contributed by atoms with Gasteiger partial charge in [0, 0.05) is 25.8 Å². The smallest absolute Gasteiger partial charge is 0.266 e. The van der Waals surface area contributed by atoms with Crippen LogP contribution in [-0.2, 0) is 9.53 Å². The fourth-order valence-corrected chi connectivity index (χ4v) is 5.39. The van der Waals surface area contributed by atoms with Gasteiger partial charge >= 0.3 is 0 Å². The number of hydrogen-bond acceptors (Lipinski definition) is 6. The number of ether oxygens (including phenoxy) is 2. The van der Waals surface area contributed by atoms with Gasteiger partial charge in [-0.2, -0.15) is 0 Å². The van der Waals surface area contributed by atoms with Crippen molar-refractivity contribution < 1.29 is 19.1 Å². The number of benzene rings is 3. The number of methoxy groups -OCH3 is 1. The molecule has 0 saturated carbocycles. The van der Waals surface area contributed by atoms with Crippen molar-refractivity contribution in [2.75, 3.05) is 20.3 Å². The SMILES string of the molecule is COCCCN1C(=O)/C(=C/c2ccc(O[C@H](NC(=O)c3cccc4ccccc34)C(Cl)(Cl)Cl)cc2)SC1=S. The van der Waals surface area contributed by atoms with E-state index in [1.165, 1.54) is 11.8 Å². The fraction of sp³-hybridized carbons (Fsp3) is 0.222. The molecule has 1 aliphatic rings. The highest BCUT2D eigenvalue weighted by Crippen LogP contribution is 2.34. The molecule has 3 aromatic carbocycles. The van der Waals surface area contributed by atoms with Crippen LogP contribution in [0, 0.1) is 0 Å². The van der Waals surface area contributed by atoms with Gasteiger partial charge in [-0.1, -0.05) is 107 Å². The molecule has 1 atom stereocenters. The van der Waals surface area contributed by atoms with Gasteiger partial charge < -0.3 is 14.8 Å². The monoisotopic (exact) mass is 608 g/mol. The van der Waals surface area contributed by atoms with Crippen LogP contribution in [0.1, 0.15) is 22.3 Å². The van der Waals surface area contributed by atoms with E-state index >= 15 is 0 Å². The zero-order valence-corrected chi connectivity index (χ0v) is 24.1. The van der Waals surface area contributed by atoms with E-state index in [0.717, 1.165) is 16.3 Å². The van der Waals surface area contributed by atoms with Gasteiger partial charge in [-0.3, -0.25) is 14.5 Å². The Labute approximate surface area is 245 Å². The number of carbonyl (C=O) groups is 2. The number of nitrogens with zero attached hydrogens (tertiary/aromatic N) is 1. The van der Waals surface area contributed by atoms with E-state index in [9.17, 15) is 9.59 Å². The minimum atomic E-state index is -1.95. The summed E-state index contributed by atoms with van der Waals surface area (Å²) in [4.78, 5) is 27.9. The molecule has 1 N–H and O–H groups in total. The number of carbonyl (C=O) groups excluding carboxylic acids is 2. The van der Waals surface area contributed by atoms with E-state index in [0.29, 0.717) is 40.1 Å². The first-order valence-corrected chi connectivity index (χ1v) is 13.9.